The fraction of sp³-hybridized carbons (Fsp3) is 0.150. The Morgan fingerprint density at radius 2 is 0.962 bits per heavy atom. The average molecular weight is 753 g/mol. The Morgan fingerprint density at radius 3 is 1.49 bits per heavy atom. The molecule has 0 unspecified atom stereocenters. The Morgan fingerprint density at radius 1 is 0.509 bits per heavy atom. The van der Waals surface area contributed by atoms with E-state index in [0.717, 1.165) is 46.4 Å². The van der Waals surface area contributed by atoms with Gasteiger partial charge in [-0.2, -0.15) is 12.8 Å². The molecule has 8 rings (SSSR count). The third-order valence-electron chi connectivity index (χ3n) is 8.09. The van der Waals surface area contributed by atoms with Gasteiger partial charge in [-0.3, -0.25) is 4.79 Å². The van der Waals surface area contributed by atoms with Gasteiger partial charge in [-0.25, -0.2) is 13.6 Å². The zero-order chi connectivity index (χ0) is 37.3. The van der Waals surface area contributed by atoms with Crippen molar-refractivity contribution < 1.29 is 40.6 Å². The number of sulfonamides is 2. The summed E-state index contributed by atoms with van der Waals surface area (Å²) in [5.74, 6) is 1.98. The quantitative estimate of drug-likeness (QED) is 0.145. The van der Waals surface area contributed by atoms with Crippen LogP contribution in [-0.4, -0.2) is 55.8 Å². The van der Waals surface area contributed by atoms with Crippen molar-refractivity contribution in [1.82, 2.24) is 0 Å². The smallest absolute Gasteiger partial charge is 0.282 e. The van der Waals surface area contributed by atoms with E-state index in [9.17, 15) is 21.6 Å². The van der Waals surface area contributed by atoms with E-state index in [1.54, 1.807) is 12.1 Å². The molecule has 0 atom stereocenters. The first-order chi connectivity index (χ1) is 25.6. The summed E-state index contributed by atoms with van der Waals surface area (Å²) in [7, 11) is -7.51. The van der Waals surface area contributed by atoms with Crippen LogP contribution in [0.25, 0.3) is 21.5 Å². The van der Waals surface area contributed by atoms with Gasteiger partial charge in [0.2, 0.25) is 10.0 Å². The number of ether oxygens (including phenoxy) is 4. The predicted octanol–water partition coefficient (Wildman–Crippen LogP) is 6.96. The lowest BCUT2D eigenvalue weighted by molar-refractivity contribution is 0.112. The van der Waals surface area contributed by atoms with Crippen LogP contribution in [0, 0.1) is 0 Å². The van der Waals surface area contributed by atoms with Crippen molar-refractivity contribution in [3.8, 4) is 23.0 Å². The maximum atomic E-state index is 12.5. The lowest BCUT2D eigenvalue weighted by Gasteiger charge is -2.08. The number of carbonyl (C=O) groups is 1. The van der Waals surface area contributed by atoms with Gasteiger partial charge in [-0.15, -0.1) is 0 Å². The third-order valence-corrected chi connectivity index (χ3v) is 10.2. The molecule has 0 bridgehead atoms. The number of fused-ring (bicyclic) bond motifs is 4. The van der Waals surface area contributed by atoms with E-state index in [-0.39, 0.29) is 9.79 Å². The monoisotopic (exact) mass is 752 g/mol. The molecule has 2 aliphatic heterocycles. The van der Waals surface area contributed by atoms with Crippen molar-refractivity contribution in [2.45, 2.75) is 22.6 Å². The second-order valence-corrected chi connectivity index (χ2v) is 15.1. The predicted molar refractivity (Wildman–Crippen MR) is 204 cm³/mol. The van der Waals surface area contributed by atoms with E-state index in [1.807, 2.05) is 84.9 Å². The molecule has 0 aromatic heterocycles. The van der Waals surface area contributed by atoms with E-state index in [0.29, 0.717) is 49.4 Å². The minimum atomic E-state index is -3.82. The van der Waals surface area contributed by atoms with Gasteiger partial charge in [-0.05, 0) is 63.5 Å². The molecule has 0 spiro atoms. The third kappa shape index (κ3) is 9.77. The first-order valence-electron chi connectivity index (χ1n) is 16.6. The van der Waals surface area contributed by atoms with Crippen LogP contribution < -0.4 is 24.1 Å². The lowest BCUT2D eigenvalue weighted by atomic mass is 10.1. The molecule has 53 heavy (non-hydrogen) atoms. The molecular formula is C40H36N2O9S2. The standard InChI is InChI=1S/C20H17NO4S.C11H8O.C9H11NO4S/c22-26(23,18-8-9-19-20(13-18)25-11-3-10-24-19)21-14-15-6-7-16-4-1-2-5-17(16)12-15;12-8-9-5-6-10-3-1-2-4-11(10)7-9;10-15(11,12)7-2-3-8-9(6-7)14-5-1-4-13-8/h1-2,4-9,12-14H,3,10-11H2;1-8H;2-3,6H,1,4-5H2,(H2,10,11,12). The normalized spacial score (nSPS) is 13.8. The molecule has 272 valence electrons. The number of benzene rings is 6. The zero-order valence-corrected chi connectivity index (χ0v) is 30.1. The number of nitrogens with zero attached hydrogens (tertiary/aromatic N) is 1. The SMILES string of the molecule is NS(=O)(=O)c1ccc2c(c1)OCCCO2.O=Cc1ccc2ccccc2c1.O=S(=O)(N=Cc1ccc2ccccc2c1)c1ccc2c(c1)OCCCO2. The maximum absolute atomic E-state index is 12.5. The van der Waals surface area contributed by atoms with Gasteiger partial charge in [0.05, 0.1) is 36.2 Å². The Kier molecular flexibility index (Phi) is 11.7. The number of rotatable bonds is 5. The van der Waals surface area contributed by atoms with Gasteiger partial charge in [0.1, 0.15) is 6.29 Å². The lowest BCUT2D eigenvalue weighted by Crippen LogP contribution is -2.12. The van der Waals surface area contributed by atoms with Gasteiger partial charge in [0.15, 0.2) is 23.0 Å². The Bertz CT molecular complexity index is 2500. The van der Waals surface area contributed by atoms with Crippen molar-refractivity contribution in [1.29, 1.82) is 0 Å². The molecule has 2 heterocycles. The van der Waals surface area contributed by atoms with Crippen LogP contribution in [0.4, 0.5) is 0 Å². The second-order valence-electron chi connectivity index (χ2n) is 11.9. The number of primary sulfonamides is 1. The van der Waals surface area contributed by atoms with Crippen LogP contribution in [0.1, 0.15) is 28.8 Å². The summed E-state index contributed by atoms with van der Waals surface area (Å²) in [6.07, 6.45) is 3.77. The highest BCUT2D eigenvalue weighted by molar-refractivity contribution is 7.90. The molecule has 0 amide bonds. The molecule has 0 fully saturated rings. The van der Waals surface area contributed by atoms with Crippen molar-refractivity contribution in [3.63, 3.8) is 0 Å². The van der Waals surface area contributed by atoms with Gasteiger partial charge in [0.25, 0.3) is 10.0 Å². The topological polar surface area (TPSA) is 161 Å². The van der Waals surface area contributed by atoms with Crippen LogP contribution in [0.2, 0.25) is 0 Å². The molecule has 2 N–H and O–H groups in total. The molecule has 6 aromatic rings. The molecule has 0 saturated heterocycles. The van der Waals surface area contributed by atoms with Gasteiger partial charge >= 0.3 is 0 Å². The van der Waals surface area contributed by atoms with E-state index in [2.05, 4.69) is 4.40 Å². The summed E-state index contributed by atoms with van der Waals surface area (Å²) in [5, 5.41) is 9.41. The molecule has 0 aliphatic carbocycles. The molecule has 0 radical (unpaired) electrons. The highest BCUT2D eigenvalue weighted by Crippen LogP contribution is 2.33. The summed E-state index contributed by atoms with van der Waals surface area (Å²) in [6.45, 7) is 2.14. The fourth-order valence-electron chi connectivity index (χ4n) is 5.38. The summed E-state index contributed by atoms with van der Waals surface area (Å²) >= 11 is 0. The van der Waals surface area contributed by atoms with E-state index in [4.69, 9.17) is 24.1 Å². The van der Waals surface area contributed by atoms with Crippen LogP contribution in [0.3, 0.4) is 0 Å². The molecular weight excluding hydrogens is 717 g/mol. The first kappa shape index (κ1) is 37.0. The first-order valence-corrected chi connectivity index (χ1v) is 19.6. The van der Waals surface area contributed by atoms with Crippen LogP contribution in [-0.2, 0) is 20.0 Å². The zero-order valence-electron chi connectivity index (χ0n) is 28.5. The van der Waals surface area contributed by atoms with E-state index < -0.39 is 20.0 Å². The molecule has 0 saturated carbocycles. The summed E-state index contributed by atoms with van der Waals surface area (Å²) < 4.78 is 72.9. The minimum Gasteiger partial charge on any atom is -0.490 e. The van der Waals surface area contributed by atoms with Crippen molar-refractivity contribution in [3.05, 3.63) is 132 Å². The van der Waals surface area contributed by atoms with Crippen molar-refractivity contribution in [2.24, 2.45) is 9.54 Å². The van der Waals surface area contributed by atoms with Crippen LogP contribution in [0.5, 0.6) is 23.0 Å². The number of hydrogen-bond donors (Lipinski definition) is 1. The highest BCUT2D eigenvalue weighted by Gasteiger charge is 2.18. The maximum Gasteiger partial charge on any atom is 0.282 e. The summed E-state index contributed by atoms with van der Waals surface area (Å²) in [6, 6.07) is 36.2. The van der Waals surface area contributed by atoms with E-state index in [1.165, 1.54) is 35.9 Å². The highest BCUT2D eigenvalue weighted by atomic mass is 32.2. The molecule has 13 heteroatoms. The average Bonchev–Trinajstić information content (AvgIpc) is 3.57. The van der Waals surface area contributed by atoms with E-state index >= 15 is 0 Å². The molecule has 11 nitrogen and oxygen atoms in total. The number of aldehydes is 1. The fourth-order valence-corrected chi connectivity index (χ4v) is 6.79. The van der Waals surface area contributed by atoms with Crippen LogP contribution >= 0.6 is 0 Å². The molecule has 6 aromatic carbocycles. The van der Waals surface area contributed by atoms with Crippen molar-refractivity contribution >= 4 is 54.1 Å². The van der Waals surface area contributed by atoms with Gasteiger partial charge < -0.3 is 18.9 Å². The molecule has 2 aliphatic rings. The van der Waals surface area contributed by atoms with Crippen molar-refractivity contribution in [2.75, 3.05) is 26.4 Å². The Labute approximate surface area is 307 Å². The Balaban J connectivity index is 0.000000150. The number of carbonyl (C=O) groups excluding carboxylic acids is 1. The summed E-state index contributed by atoms with van der Waals surface area (Å²) in [4.78, 5) is 10.6. The summed E-state index contributed by atoms with van der Waals surface area (Å²) in [5.41, 5.74) is 1.45. The van der Waals surface area contributed by atoms with Gasteiger partial charge in [0, 0.05) is 36.8 Å². The van der Waals surface area contributed by atoms with Gasteiger partial charge in [-0.1, -0.05) is 72.8 Å². The minimum absolute atomic E-state index is 0.0340. The second kappa shape index (κ2) is 16.7. The largest absolute Gasteiger partial charge is 0.490 e. The Hall–Kier alpha value is -5.76. The number of nitrogens with two attached hydrogens (primary N) is 1. The van der Waals surface area contributed by atoms with Crippen LogP contribution in [0.15, 0.2) is 136 Å². The number of hydrogen-bond acceptors (Lipinski definition) is 9.